The standard InChI is InChI=1S/C29H33N3O4/c1-30(2)25(33)20-11-16-31(17-12-20)22-9-7-21(8-10-22)28(13-14-28)27(35)32-18-15-29(19-32)24-6-4-3-5-23(24)26(34)36-29/h3-10,20H,11-19H2,1-2H3/t29-/m0/s1. The van der Waals surface area contributed by atoms with E-state index in [0.29, 0.717) is 25.1 Å². The molecule has 3 fully saturated rings. The first-order valence-electron chi connectivity index (χ1n) is 13.0. The minimum atomic E-state index is -0.705. The number of esters is 1. The second kappa shape index (κ2) is 8.36. The van der Waals surface area contributed by atoms with Crippen molar-refractivity contribution >= 4 is 23.5 Å². The Labute approximate surface area is 212 Å². The molecule has 7 heteroatoms. The summed E-state index contributed by atoms with van der Waals surface area (Å²) in [4.78, 5) is 44.4. The largest absolute Gasteiger partial charge is 0.449 e. The van der Waals surface area contributed by atoms with Gasteiger partial charge in [0.1, 0.15) is 0 Å². The number of likely N-dealkylation sites (tertiary alicyclic amines) is 1. The van der Waals surface area contributed by atoms with E-state index in [9.17, 15) is 14.4 Å². The van der Waals surface area contributed by atoms with E-state index < -0.39 is 11.0 Å². The molecule has 2 amide bonds. The van der Waals surface area contributed by atoms with Crippen LogP contribution in [0.1, 0.15) is 53.6 Å². The van der Waals surface area contributed by atoms with Crippen LogP contribution in [0.4, 0.5) is 5.69 Å². The first kappa shape index (κ1) is 23.1. The van der Waals surface area contributed by atoms with Crippen LogP contribution in [0.15, 0.2) is 48.5 Å². The van der Waals surface area contributed by atoms with Crippen LogP contribution >= 0.6 is 0 Å². The van der Waals surface area contributed by atoms with E-state index in [-0.39, 0.29) is 23.7 Å². The lowest BCUT2D eigenvalue weighted by atomic mass is 9.91. The molecule has 1 spiro atoms. The lowest BCUT2D eigenvalue weighted by molar-refractivity contribution is -0.134. The lowest BCUT2D eigenvalue weighted by Gasteiger charge is -2.34. The Kier molecular flexibility index (Phi) is 5.36. The minimum Gasteiger partial charge on any atom is -0.449 e. The minimum absolute atomic E-state index is 0.109. The molecule has 3 aliphatic heterocycles. The maximum Gasteiger partial charge on any atom is 0.339 e. The average molecular weight is 488 g/mol. The van der Waals surface area contributed by atoms with Gasteiger partial charge in [-0.15, -0.1) is 0 Å². The Morgan fingerprint density at radius 3 is 2.31 bits per heavy atom. The lowest BCUT2D eigenvalue weighted by Crippen LogP contribution is -2.41. The van der Waals surface area contributed by atoms with Crippen LogP contribution in [0.3, 0.4) is 0 Å². The van der Waals surface area contributed by atoms with Gasteiger partial charge in [-0.3, -0.25) is 9.59 Å². The summed E-state index contributed by atoms with van der Waals surface area (Å²) in [6.07, 6.45) is 4.08. The van der Waals surface area contributed by atoms with Crippen molar-refractivity contribution in [1.82, 2.24) is 9.80 Å². The molecule has 36 heavy (non-hydrogen) atoms. The number of fused-ring (bicyclic) bond motifs is 2. The Hall–Kier alpha value is -3.35. The van der Waals surface area contributed by atoms with Gasteiger partial charge >= 0.3 is 5.97 Å². The zero-order valence-electron chi connectivity index (χ0n) is 21.0. The number of carbonyl (C=O) groups is 3. The summed E-state index contributed by atoms with van der Waals surface area (Å²) in [6, 6.07) is 16.0. The first-order chi connectivity index (χ1) is 17.3. The molecule has 2 aromatic carbocycles. The highest BCUT2D eigenvalue weighted by molar-refractivity contribution is 5.96. The predicted octanol–water partition coefficient (Wildman–Crippen LogP) is 3.32. The second-order valence-electron chi connectivity index (χ2n) is 11.0. The van der Waals surface area contributed by atoms with Gasteiger partial charge in [0.2, 0.25) is 11.8 Å². The van der Waals surface area contributed by atoms with Crippen molar-refractivity contribution < 1.29 is 19.1 Å². The third-order valence-corrected chi connectivity index (χ3v) is 8.67. The van der Waals surface area contributed by atoms with Gasteiger partial charge in [0.25, 0.3) is 0 Å². The monoisotopic (exact) mass is 487 g/mol. The smallest absolute Gasteiger partial charge is 0.339 e. The number of hydrogen-bond acceptors (Lipinski definition) is 5. The first-order valence-corrected chi connectivity index (χ1v) is 13.0. The quantitative estimate of drug-likeness (QED) is 0.619. The number of anilines is 1. The molecular weight excluding hydrogens is 454 g/mol. The molecule has 7 nitrogen and oxygen atoms in total. The van der Waals surface area contributed by atoms with Crippen molar-refractivity contribution in [2.45, 2.75) is 43.1 Å². The predicted molar refractivity (Wildman–Crippen MR) is 136 cm³/mol. The molecule has 6 rings (SSSR count). The number of piperidine rings is 1. The van der Waals surface area contributed by atoms with E-state index >= 15 is 0 Å². The molecule has 0 N–H and O–H groups in total. The van der Waals surface area contributed by atoms with Crippen LogP contribution in [-0.2, 0) is 25.3 Å². The normalized spacial score (nSPS) is 24.6. The molecule has 1 aliphatic carbocycles. The van der Waals surface area contributed by atoms with Crippen LogP contribution in [-0.4, -0.2) is 67.9 Å². The highest BCUT2D eigenvalue weighted by Gasteiger charge is 2.57. The molecule has 0 aromatic heterocycles. The fraction of sp³-hybridized carbons (Fsp3) is 0.483. The summed E-state index contributed by atoms with van der Waals surface area (Å²) in [5.41, 5.74) is 2.58. The van der Waals surface area contributed by atoms with E-state index in [1.54, 1.807) is 4.90 Å². The molecule has 4 aliphatic rings. The fourth-order valence-corrected chi connectivity index (χ4v) is 6.40. The molecular formula is C29H33N3O4. The number of carbonyl (C=O) groups excluding carboxylic acids is 3. The summed E-state index contributed by atoms with van der Waals surface area (Å²) in [5, 5.41) is 0. The van der Waals surface area contributed by atoms with Gasteiger partial charge in [-0.1, -0.05) is 30.3 Å². The molecule has 0 unspecified atom stereocenters. The van der Waals surface area contributed by atoms with Crippen LogP contribution in [0.2, 0.25) is 0 Å². The average Bonchev–Trinajstić information content (AvgIpc) is 3.54. The summed E-state index contributed by atoms with van der Waals surface area (Å²) >= 11 is 0. The second-order valence-corrected chi connectivity index (χ2v) is 11.0. The highest BCUT2D eigenvalue weighted by atomic mass is 16.6. The van der Waals surface area contributed by atoms with Crippen molar-refractivity contribution in [2.24, 2.45) is 5.92 Å². The number of ether oxygens (including phenoxy) is 1. The summed E-state index contributed by atoms with van der Waals surface area (Å²) in [6.45, 7) is 2.75. The van der Waals surface area contributed by atoms with Crippen molar-refractivity contribution in [2.75, 3.05) is 45.2 Å². The SMILES string of the molecule is CN(C)C(=O)C1CCN(c2ccc(C3(C(=O)N4CC[C@@]5(C4)OC(=O)c4ccccc45)CC3)cc2)CC1. The molecule has 2 aromatic rings. The number of amides is 2. The zero-order chi connectivity index (χ0) is 25.1. The number of nitrogens with zero attached hydrogens (tertiary/aromatic N) is 3. The van der Waals surface area contributed by atoms with Crippen molar-refractivity contribution in [3.8, 4) is 0 Å². The van der Waals surface area contributed by atoms with Crippen LogP contribution in [0.25, 0.3) is 0 Å². The van der Waals surface area contributed by atoms with Crippen LogP contribution in [0, 0.1) is 5.92 Å². The van der Waals surface area contributed by atoms with Crippen molar-refractivity contribution in [1.29, 1.82) is 0 Å². The highest BCUT2D eigenvalue weighted by Crippen LogP contribution is 2.52. The van der Waals surface area contributed by atoms with E-state index in [0.717, 1.165) is 55.6 Å². The zero-order valence-corrected chi connectivity index (χ0v) is 21.0. The van der Waals surface area contributed by atoms with E-state index in [2.05, 4.69) is 29.2 Å². The molecule has 1 saturated carbocycles. The molecule has 3 heterocycles. The molecule has 2 saturated heterocycles. The molecule has 188 valence electrons. The van der Waals surface area contributed by atoms with Gasteiger partial charge in [0.15, 0.2) is 5.60 Å². The third kappa shape index (κ3) is 3.59. The Balaban J connectivity index is 1.13. The maximum atomic E-state index is 13.7. The van der Waals surface area contributed by atoms with Crippen LogP contribution < -0.4 is 4.90 Å². The summed E-state index contributed by atoms with van der Waals surface area (Å²) in [7, 11) is 3.65. The van der Waals surface area contributed by atoms with Gasteiger partial charge in [0.05, 0.1) is 17.5 Å². The number of benzene rings is 2. The van der Waals surface area contributed by atoms with Crippen molar-refractivity contribution in [3.05, 3.63) is 65.2 Å². The summed E-state index contributed by atoms with van der Waals surface area (Å²) in [5.74, 6) is 0.193. The number of rotatable bonds is 4. The van der Waals surface area contributed by atoms with Gasteiger partial charge in [-0.2, -0.15) is 0 Å². The summed E-state index contributed by atoms with van der Waals surface area (Å²) < 4.78 is 5.86. The maximum absolute atomic E-state index is 13.7. The Bertz CT molecular complexity index is 1210. The van der Waals surface area contributed by atoms with E-state index in [4.69, 9.17) is 4.74 Å². The van der Waals surface area contributed by atoms with Gasteiger partial charge in [-0.05, 0) is 49.4 Å². The third-order valence-electron chi connectivity index (χ3n) is 8.67. The molecule has 1 atom stereocenters. The van der Waals surface area contributed by atoms with E-state index in [1.807, 2.05) is 43.3 Å². The van der Waals surface area contributed by atoms with Gasteiger partial charge in [-0.25, -0.2) is 4.79 Å². The van der Waals surface area contributed by atoms with Gasteiger partial charge < -0.3 is 19.4 Å². The fourth-order valence-electron chi connectivity index (χ4n) is 6.40. The molecule has 0 radical (unpaired) electrons. The van der Waals surface area contributed by atoms with Gasteiger partial charge in [0, 0.05) is 57.3 Å². The Morgan fingerprint density at radius 2 is 1.64 bits per heavy atom. The molecule has 0 bridgehead atoms. The van der Waals surface area contributed by atoms with E-state index in [1.165, 1.54) is 0 Å². The Morgan fingerprint density at radius 1 is 0.944 bits per heavy atom. The van der Waals surface area contributed by atoms with Crippen LogP contribution in [0.5, 0.6) is 0 Å². The topological polar surface area (TPSA) is 70.2 Å². The number of hydrogen-bond donors (Lipinski definition) is 0. The van der Waals surface area contributed by atoms with Crippen molar-refractivity contribution in [3.63, 3.8) is 0 Å².